The molecule has 0 aliphatic heterocycles. The van der Waals surface area contributed by atoms with Gasteiger partial charge in [-0.25, -0.2) is 4.39 Å². The Labute approximate surface area is 99.2 Å². The zero-order valence-electron chi connectivity index (χ0n) is 10.0. The highest BCUT2D eigenvalue weighted by atomic mass is 19.1. The summed E-state index contributed by atoms with van der Waals surface area (Å²) in [6.07, 6.45) is 0. The SMILES string of the molecule is CC(C)(C)C(=O)NNC(=O)c1cccc(F)c1. The van der Waals surface area contributed by atoms with Crippen molar-refractivity contribution >= 4 is 11.8 Å². The van der Waals surface area contributed by atoms with E-state index in [2.05, 4.69) is 10.9 Å². The van der Waals surface area contributed by atoms with E-state index in [1.54, 1.807) is 20.8 Å². The molecule has 2 amide bonds. The van der Waals surface area contributed by atoms with Gasteiger partial charge in [0.25, 0.3) is 5.91 Å². The molecule has 5 heteroatoms. The zero-order chi connectivity index (χ0) is 13.1. The molecule has 92 valence electrons. The first-order chi connectivity index (χ1) is 7.80. The molecule has 0 unspecified atom stereocenters. The van der Waals surface area contributed by atoms with Crippen molar-refractivity contribution in [2.45, 2.75) is 20.8 Å². The van der Waals surface area contributed by atoms with Crippen molar-refractivity contribution in [2.75, 3.05) is 0 Å². The lowest BCUT2D eigenvalue weighted by Crippen LogP contribution is -2.46. The molecule has 0 heterocycles. The Hall–Kier alpha value is -1.91. The second-order valence-electron chi connectivity index (χ2n) is 4.67. The molecule has 17 heavy (non-hydrogen) atoms. The average molecular weight is 238 g/mol. The molecule has 0 atom stereocenters. The fourth-order valence-electron chi connectivity index (χ4n) is 1.00. The van der Waals surface area contributed by atoms with E-state index >= 15 is 0 Å². The molecule has 0 saturated heterocycles. The normalized spacial score (nSPS) is 10.8. The third kappa shape index (κ3) is 3.86. The van der Waals surface area contributed by atoms with E-state index in [1.165, 1.54) is 18.2 Å². The van der Waals surface area contributed by atoms with Crippen LogP contribution in [0.4, 0.5) is 4.39 Å². The number of amides is 2. The van der Waals surface area contributed by atoms with Crippen LogP contribution in [0.3, 0.4) is 0 Å². The quantitative estimate of drug-likeness (QED) is 0.731. The van der Waals surface area contributed by atoms with Gasteiger partial charge in [-0.05, 0) is 18.2 Å². The van der Waals surface area contributed by atoms with E-state index in [0.29, 0.717) is 0 Å². The summed E-state index contributed by atoms with van der Waals surface area (Å²) in [6, 6.07) is 5.22. The van der Waals surface area contributed by atoms with Gasteiger partial charge < -0.3 is 0 Å². The molecular formula is C12H15FN2O2. The van der Waals surface area contributed by atoms with Gasteiger partial charge >= 0.3 is 0 Å². The van der Waals surface area contributed by atoms with Crippen LogP contribution in [0.1, 0.15) is 31.1 Å². The van der Waals surface area contributed by atoms with Gasteiger partial charge in [0.1, 0.15) is 5.82 Å². The van der Waals surface area contributed by atoms with Crippen LogP contribution in [0.2, 0.25) is 0 Å². The van der Waals surface area contributed by atoms with E-state index in [9.17, 15) is 14.0 Å². The van der Waals surface area contributed by atoms with Crippen molar-refractivity contribution in [1.29, 1.82) is 0 Å². The summed E-state index contributed by atoms with van der Waals surface area (Å²) in [7, 11) is 0. The lowest BCUT2D eigenvalue weighted by Gasteiger charge is -2.17. The van der Waals surface area contributed by atoms with Gasteiger partial charge in [0.05, 0.1) is 0 Å². The number of carbonyl (C=O) groups excluding carboxylic acids is 2. The molecule has 4 nitrogen and oxygen atoms in total. The van der Waals surface area contributed by atoms with Crippen LogP contribution in [0.5, 0.6) is 0 Å². The fourth-order valence-corrected chi connectivity index (χ4v) is 1.00. The van der Waals surface area contributed by atoms with E-state index in [-0.39, 0.29) is 11.5 Å². The Balaban J connectivity index is 2.60. The van der Waals surface area contributed by atoms with Crippen LogP contribution in [0.25, 0.3) is 0 Å². The number of hydrogen-bond donors (Lipinski definition) is 2. The summed E-state index contributed by atoms with van der Waals surface area (Å²) in [4.78, 5) is 23.0. The van der Waals surface area contributed by atoms with Crippen LogP contribution >= 0.6 is 0 Å². The Morgan fingerprint density at radius 3 is 2.35 bits per heavy atom. The van der Waals surface area contributed by atoms with E-state index in [4.69, 9.17) is 0 Å². The van der Waals surface area contributed by atoms with Crippen LogP contribution in [-0.4, -0.2) is 11.8 Å². The predicted molar refractivity (Wildman–Crippen MR) is 61.5 cm³/mol. The first-order valence-electron chi connectivity index (χ1n) is 5.17. The molecular weight excluding hydrogens is 223 g/mol. The van der Waals surface area contributed by atoms with Gasteiger partial charge in [0.15, 0.2) is 0 Å². The number of carbonyl (C=O) groups is 2. The van der Waals surface area contributed by atoms with Gasteiger partial charge in [0.2, 0.25) is 5.91 Å². The third-order valence-electron chi connectivity index (χ3n) is 2.06. The molecule has 0 aliphatic carbocycles. The van der Waals surface area contributed by atoms with Gasteiger partial charge in [-0.1, -0.05) is 26.8 Å². The molecule has 0 bridgehead atoms. The number of halogens is 1. The molecule has 0 aromatic heterocycles. The zero-order valence-corrected chi connectivity index (χ0v) is 10.0. The van der Waals surface area contributed by atoms with Crippen molar-refractivity contribution in [3.8, 4) is 0 Å². The lowest BCUT2D eigenvalue weighted by atomic mass is 9.96. The highest BCUT2D eigenvalue weighted by Crippen LogP contribution is 2.11. The molecule has 1 aromatic carbocycles. The molecule has 0 radical (unpaired) electrons. The Bertz CT molecular complexity index is 438. The monoisotopic (exact) mass is 238 g/mol. The number of rotatable bonds is 1. The summed E-state index contributed by atoms with van der Waals surface area (Å²) in [6.45, 7) is 5.16. The van der Waals surface area contributed by atoms with Gasteiger partial charge in [-0.15, -0.1) is 0 Å². The van der Waals surface area contributed by atoms with Crippen LogP contribution < -0.4 is 10.9 Å². The van der Waals surface area contributed by atoms with E-state index in [1.807, 2.05) is 0 Å². The predicted octanol–water partition coefficient (Wildman–Crippen LogP) is 1.63. The van der Waals surface area contributed by atoms with Crippen molar-refractivity contribution < 1.29 is 14.0 Å². The minimum absolute atomic E-state index is 0.152. The maximum atomic E-state index is 12.8. The maximum Gasteiger partial charge on any atom is 0.269 e. The van der Waals surface area contributed by atoms with E-state index in [0.717, 1.165) is 6.07 Å². The van der Waals surface area contributed by atoms with Gasteiger partial charge in [-0.3, -0.25) is 20.4 Å². The Morgan fingerprint density at radius 1 is 1.18 bits per heavy atom. The standard InChI is InChI=1S/C12H15FN2O2/c1-12(2,3)11(17)15-14-10(16)8-5-4-6-9(13)7-8/h4-7H,1-3H3,(H,14,16)(H,15,17). The minimum atomic E-state index is -0.602. The Kier molecular flexibility index (Phi) is 3.83. The molecule has 2 N–H and O–H groups in total. The van der Waals surface area contributed by atoms with Crippen molar-refractivity contribution in [1.82, 2.24) is 10.9 Å². The molecule has 1 rings (SSSR count). The van der Waals surface area contributed by atoms with Gasteiger partial charge in [-0.2, -0.15) is 0 Å². The van der Waals surface area contributed by atoms with Crippen molar-refractivity contribution in [3.05, 3.63) is 35.6 Å². The molecule has 0 aliphatic rings. The molecule has 0 saturated carbocycles. The summed E-state index contributed by atoms with van der Waals surface area (Å²) >= 11 is 0. The number of hydrogen-bond acceptors (Lipinski definition) is 2. The molecule has 1 aromatic rings. The summed E-state index contributed by atoms with van der Waals surface area (Å²) in [5.41, 5.74) is 4.06. The molecule has 0 fully saturated rings. The maximum absolute atomic E-state index is 12.8. The first-order valence-corrected chi connectivity index (χ1v) is 5.17. The lowest BCUT2D eigenvalue weighted by molar-refractivity contribution is -0.129. The van der Waals surface area contributed by atoms with Crippen LogP contribution in [0.15, 0.2) is 24.3 Å². The number of hydrazine groups is 1. The van der Waals surface area contributed by atoms with Gasteiger partial charge in [0, 0.05) is 11.0 Å². The summed E-state index contributed by atoms with van der Waals surface area (Å²) in [5.74, 6) is -1.37. The third-order valence-corrected chi connectivity index (χ3v) is 2.06. The van der Waals surface area contributed by atoms with Crippen molar-refractivity contribution in [3.63, 3.8) is 0 Å². The largest absolute Gasteiger partial charge is 0.273 e. The number of nitrogens with one attached hydrogen (secondary N) is 2. The van der Waals surface area contributed by atoms with E-state index < -0.39 is 17.1 Å². The Morgan fingerprint density at radius 2 is 1.82 bits per heavy atom. The molecule has 0 spiro atoms. The average Bonchev–Trinajstić information content (AvgIpc) is 2.24. The highest BCUT2D eigenvalue weighted by molar-refractivity contribution is 5.95. The van der Waals surface area contributed by atoms with Crippen LogP contribution in [-0.2, 0) is 4.79 Å². The second kappa shape index (κ2) is 4.95. The summed E-state index contributed by atoms with van der Waals surface area (Å²) in [5, 5.41) is 0. The fraction of sp³-hybridized carbons (Fsp3) is 0.333. The number of benzene rings is 1. The summed E-state index contributed by atoms with van der Waals surface area (Å²) < 4.78 is 12.8. The topological polar surface area (TPSA) is 58.2 Å². The second-order valence-corrected chi connectivity index (χ2v) is 4.67. The minimum Gasteiger partial charge on any atom is -0.273 e. The smallest absolute Gasteiger partial charge is 0.269 e. The van der Waals surface area contributed by atoms with Crippen LogP contribution in [0, 0.1) is 11.2 Å². The highest BCUT2D eigenvalue weighted by Gasteiger charge is 2.21. The van der Waals surface area contributed by atoms with Crippen molar-refractivity contribution in [2.24, 2.45) is 5.41 Å². The first kappa shape index (κ1) is 13.2.